The molecule has 0 saturated carbocycles. The molecule has 0 saturated heterocycles. The average molecular weight is 268 g/mol. The number of non-ortho nitro benzene ring substituents is 1. The van der Waals surface area contributed by atoms with Crippen LogP contribution in [-0.2, 0) is 0 Å². The maximum Gasteiger partial charge on any atom is 0.270 e. The minimum Gasteiger partial charge on any atom is -0.293 e. The Kier molecular flexibility index (Phi) is 2.64. The number of fused-ring (bicyclic) bond motifs is 1. The van der Waals surface area contributed by atoms with Gasteiger partial charge in [0.05, 0.1) is 10.6 Å². The molecule has 1 atom stereocenters. The number of hydrogen-bond donors (Lipinski definition) is 0. The quantitative estimate of drug-likeness (QED) is 0.473. The van der Waals surface area contributed by atoms with Crippen LogP contribution in [-0.4, -0.2) is 21.5 Å². The molecule has 0 N–H and O–H groups in total. The van der Waals surface area contributed by atoms with Crippen molar-refractivity contribution in [2.24, 2.45) is 0 Å². The fraction of sp³-hybridized carbons (Fsp3) is 0.0714. The number of hydrogen-bond acceptors (Lipinski definition) is 5. The molecule has 1 aromatic carbocycles. The predicted octanol–water partition coefficient (Wildman–Crippen LogP) is 2.15. The summed E-state index contributed by atoms with van der Waals surface area (Å²) < 4.78 is 0. The molecule has 20 heavy (non-hydrogen) atoms. The molecule has 0 unspecified atom stereocenters. The van der Waals surface area contributed by atoms with Crippen LogP contribution < -0.4 is 0 Å². The summed E-state index contributed by atoms with van der Waals surface area (Å²) in [4.78, 5) is 38.7. The van der Waals surface area contributed by atoms with E-state index in [4.69, 9.17) is 0 Å². The first-order valence-corrected chi connectivity index (χ1v) is 5.87. The highest BCUT2D eigenvalue weighted by Gasteiger charge is 2.41. The zero-order chi connectivity index (χ0) is 14.3. The molecule has 6 nitrogen and oxygen atoms in total. The molecule has 98 valence electrons. The normalized spacial score (nSPS) is 17.1. The van der Waals surface area contributed by atoms with Crippen LogP contribution in [0.2, 0.25) is 0 Å². The second kappa shape index (κ2) is 4.34. The maximum absolute atomic E-state index is 12.3. The minimum absolute atomic E-state index is 0.0971. The molecule has 1 aliphatic carbocycles. The number of Topliss-reactive ketones (excluding diaryl/α,β-unsaturated/α-hetero) is 2. The molecule has 1 aliphatic rings. The maximum atomic E-state index is 12.3. The highest BCUT2D eigenvalue weighted by atomic mass is 16.6. The van der Waals surface area contributed by atoms with Crippen LogP contribution in [0.15, 0.2) is 42.6 Å². The van der Waals surface area contributed by atoms with Gasteiger partial charge in [-0.05, 0) is 18.2 Å². The van der Waals surface area contributed by atoms with Crippen LogP contribution in [0.1, 0.15) is 32.3 Å². The summed E-state index contributed by atoms with van der Waals surface area (Å²) in [6.07, 6.45) is 1.50. The van der Waals surface area contributed by atoms with Crippen molar-refractivity contribution in [2.75, 3.05) is 0 Å². The van der Waals surface area contributed by atoms with E-state index < -0.39 is 16.6 Å². The summed E-state index contributed by atoms with van der Waals surface area (Å²) in [5, 5.41) is 10.7. The van der Waals surface area contributed by atoms with E-state index in [2.05, 4.69) is 4.98 Å². The van der Waals surface area contributed by atoms with Gasteiger partial charge >= 0.3 is 0 Å². The molecular weight excluding hydrogens is 260 g/mol. The van der Waals surface area contributed by atoms with Gasteiger partial charge in [-0.2, -0.15) is 0 Å². The van der Waals surface area contributed by atoms with Crippen LogP contribution in [0.25, 0.3) is 0 Å². The molecular formula is C14H8N2O4. The number of nitro benzene ring substituents is 1. The third-order valence-electron chi connectivity index (χ3n) is 3.25. The molecule has 0 spiro atoms. The minimum atomic E-state index is -0.992. The van der Waals surface area contributed by atoms with E-state index in [1.165, 1.54) is 18.3 Å². The largest absolute Gasteiger partial charge is 0.293 e. The number of rotatable bonds is 2. The second-order valence-electron chi connectivity index (χ2n) is 4.40. The first-order chi connectivity index (χ1) is 9.59. The van der Waals surface area contributed by atoms with E-state index in [-0.39, 0.29) is 22.6 Å². The van der Waals surface area contributed by atoms with Crippen molar-refractivity contribution in [3.8, 4) is 0 Å². The highest BCUT2D eigenvalue weighted by Crippen LogP contribution is 2.34. The Morgan fingerprint density at radius 1 is 1.05 bits per heavy atom. The van der Waals surface area contributed by atoms with E-state index in [1.54, 1.807) is 18.2 Å². The summed E-state index contributed by atoms with van der Waals surface area (Å²) in [6, 6.07) is 8.68. The standard InChI is InChI=1S/C14H8N2O4/c17-13-9-5-4-8(16(19)20)7-10(9)14(18)12(13)11-3-1-2-6-15-11/h1-7,12H/t12-/m1/s1. The highest BCUT2D eigenvalue weighted by molar-refractivity contribution is 6.29. The summed E-state index contributed by atoms with van der Waals surface area (Å²) in [6.45, 7) is 0. The van der Waals surface area contributed by atoms with Crippen molar-refractivity contribution in [1.82, 2.24) is 4.98 Å². The van der Waals surface area contributed by atoms with E-state index in [0.717, 1.165) is 6.07 Å². The number of nitrogens with zero attached hydrogens (tertiary/aromatic N) is 2. The Morgan fingerprint density at radius 2 is 1.80 bits per heavy atom. The molecule has 2 aromatic rings. The van der Waals surface area contributed by atoms with E-state index >= 15 is 0 Å². The number of carbonyl (C=O) groups is 2. The van der Waals surface area contributed by atoms with Crippen LogP contribution >= 0.6 is 0 Å². The lowest BCUT2D eigenvalue weighted by Gasteiger charge is -2.04. The smallest absolute Gasteiger partial charge is 0.270 e. The number of aromatic nitrogens is 1. The Labute approximate surface area is 113 Å². The summed E-state index contributed by atoms with van der Waals surface area (Å²) >= 11 is 0. The zero-order valence-corrected chi connectivity index (χ0v) is 10.1. The number of nitro groups is 1. The molecule has 3 rings (SSSR count). The predicted molar refractivity (Wildman–Crippen MR) is 68.7 cm³/mol. The van der Waals surface area contributed by atoms with Crippen molar-refractivity contribution in [3.05, 3.63) is 69.5 Å². The number of pyridine rings is 1. The van der Waals surface area contributed by atoms with Crippen molar-refractivity contribution >= 4 is 17.3 Å². The zero-order valence-electron chi connectivity index (χ0n) is 10.1. The van der Waals surface area contributed by atoms with Gasteiger partial charge in [0.1, 0.15) is 5.92 Å². The van der Waals surface area contributed by atoms with E-state index in [1.807, 2.05) is 0 Å². The first-order valence-electron chi connectivity index (χ1n) is 5.87. The summed E-state index contributed by atoms with van der Waals surface area (Å²) in [5.41, 5.74) is 0.476. The number of benzene rings is 1. The molecule has 0 amide bonds. The third kappa shape index (κ3) is 1.70. The number of ketones is 2. The van der Waals surface area contributed by atoms with E-state index in [0.29, 0.717) is 5.69 Å². The topological polar surface area (TPSA) is 90.2 Å². The van der Waals surface area contributed by atoms with Crippen LogP contribution in [0, 0.1) is 10.1 Å². The summed E-state index contributed by atoms with van der Waals surface area (Å²) in [5.74, 6) is -1.79. The monoisotopic (exact) mass is 268 g/mol. The van der Waals surface area contributed by atoms with E-state index in [9.17, 15) is 19.7 Å². The molecule has 6 heteroatoms. The number of carbonyl (C=O) groups excluding carboxylic acids is 2. The SMILES string of the molecule is O=C1c2ccc([N+](=O)[O-])cc2C(=O)[C@@H]1c1ccccn1. The van der Waals surface area contributed by atoms with Gasteiger partial charge in [0.25, 0.3) is 5.69 Å². The molecule has 0 fully saturated rings. The molecule has 1 heterocycles. The molecule has 1 aromatic heterocycles. The third-order valence-corrected chi connectivity index (χ3v) is 3.25. The molecule has 0 aliphatic heterocycles. The second-order valence-corrected chi connectivity index (χ2v) is 4.40. The van der Waals surface area contributed by atoms with Gasteiger partial charge in [-0.15, -0.1) is 0 Å². The van der Waals surface area contributed by atoms with Crippen molar-refractivity contribution < 1.29 is 14.5 Å². The van der Waals surface area contributed by atoms with Gasteiger partial charge < -0.3 is 0 Å². The van der Waals surface area contributed by atoms with Crippen molar-refractivity contribution in [3.63, 3.8) is 0 Å². The Hall–Kier alpha value is -2.89. The van der Waals surface area contributed by atoms with Gasteiger partial charge in [0.15, 0.2) is 11.6 Å². The van der Waals surface area contributed by atoms with Crippen LogP contribution in [0.4, 0.5) is 5.69 Å². The lowest BCUT2D eigenvalue weighted by atomic mass is 9.99. The van der Waals surface area contributed by atoms with Gasteiger partial charge in [-0.1, -0.05) is 6.07 Å². The fourth-order valence-electron chi connectivity index (χ4n) is 2.31. The molecule has 0 radical (unpaired) electrons. The first kappa shape index (κ1) is 12.2. The summed E-state index contributed by atoms with van der Waals surface area (Å²) in [7, 11) is 0. The van der Waals surface area contributed by atoms with Gasteiger partial charge in [-0.25, -0.2) is 0 Å². The van der Waals surface area contributed by atoms with Gasteiger partial charge in [-0.3, -0.25) is 24.7 Å². The lowest BCUT2D eigenvalue weighted by molar-refractivity contribution is -0.384. The van der Waals surface area contributed by atoms with Gasteiger partial charge in [0.2, 0.25) is 0 Å². The average Bonchev–Trinajstić information content (AvgIpc) is 2.71. The Bertz CT molecular complexity index is 740. The van der Waals surface area contributed by atoms with Crippen molar-refractivity contribution in [2.45, 2.75) is 5.92 Å². The Balaban J connectivity index is 2.11. The molecule has 0 bridgehead atoms. The lowest BCUT2D eigenvalue weighted by Crippen LogP contribution is -2.14. The van der Waals surface area contributed by atoms with Crippen molar-refractivity contribution in [1.29, 1.82) is 0 Å². The van der Waals surface area contributed by atoms with Crippen LogP contribution in [0.5, 0.6) is 0 Å². The fourth-order valence-corrected chi connectivity index (χ4v) is 2.31. The Morgan fingerprint density at radius 3 is 2.45 bits per heavy atom. The van der Waals surface area contributed by atoms with Crippen LogP contribution in [0.3, 0.4) is 0 Å². The van der Waals surface area contributed by atoms with Gasteiger partial charge in [0, 0.05) is 29.5 Å².